The third-order valence-corrected chi connectivity index (χ3v) is 4.96. The number of amides is 1. The van der Waals surface area contributed by atoms with Crippen LogP contribution in [0.3, 0.4) is 0 Å². The number of hydrogen-bond donors (Lipinski definition) is 1. The second-order valence-electron chi connectivity index (χ2n) is 5.69. The van der Waals surface area contributed by atoms with Crippen molar-refractivity contribution >= 4 is 29.0 Å². The largest absolute Gasteiger partial charge is 0.371 e. The first kappa shape index (κ1) is 15.9. The maximum Gasteiger partial charge on any atom is 0.227 e. The molecule has 0 radical (unpaired) electrons. The van der Waals surface area contributed by atoms with E-state index in [4.69, 9.17) is 0 Å². The lowest BCUT2D eigenvalue weighted by molar-refractivity contribution is -0.120. The molecule has 2 aromatic rings. The number of benzene rings is 1. The minimum Gasteiger partial charge on any atom is -0.371 e. The van der Waals surface area contributed by atoms with Crippen LogP contribution < -0.4 is 10.2 Å². The summed E-state index contributed by atoms with van der Waals surface area (Å²) >= 11 is 1.68. The summed E-state index contributed by atoms with van der Waals surface area (Å²) in [5.41, 5.74) is 2.07. The third kappa shape index (κ3) is 4.05. The average Bonchev–Trinajstić information content (AvgIpc) is 2.63. The summed E-state index contributed by atoms with van der Waals surface area (Å²) in [5, 5.41) is 3.06. The van der Waals surface area contributed by atoms with Crippen LogP contribution in [0.1, 0.15) is 12.8 Å². The molecule has 5 heteroatoms. The van der Waals surface area contributed by atoms with Gasteiger partial charge in [0.05, 0.1) is 0 Å². The lowest BCUT2D eigenvalue weighted by atomic mass is 9.95. The maximum absolute atomic E-state index is 12.5. The maximum atomic E-state index is 12.5. The number of anilines is 2. The van der Waals surface area contributed by atoms with E-state index >= 15 is 0 Å². The molecule has 0 atom stereocenters. The fourth-order valence-electron chi connectivity index (χ4n) is 2.90. The van der Waals surface area contributed by atoms with Crippen molar-refractivity contribution < 1.29 is 4.79 Å². The number of carbonyl (C=O) groups excluding carboxylic acids is 1. The number of aromatic nitrogens is 1. The minimum absolute atomic E-state index is 0.0889. The summed E-state index contributed by atoms with van der Waals surface area (Å²) in [6.45, 7) is 1.82. The normalized spacial score (nSPS) is 15.4. The van der Waals surface area contributed by atoms with Crippen molar-refractivity contribution in [2.24, 2.45) is 5.92 Å². The quantitative estimate of drug-likeness (QED) is 0.871. The van der Waals surface area contributed by atoms with Crippen LogP contribution in [-0.2, 0) is 4.79 Å². The zero-order valence-electron chi connectivity index (χ0n) is 13.2. The first-order chi connectivity index (χ1) is 11.3. The lowest BCUT2D eigenvalue weighted by Crippen LogP contribution is -2.38. The predicted molar refractivity (Wildman–Crippen MR) is 96.0 cm³/mol. The molecule has 1 fully saturated rings. The summed E-state index contributed by atoms with van der Waals surface area (Å²) < 4.78 is 0. The molecule has 1 aliphatic rings. The van der Waals surface area contributed by atoms with Gasteiger partial charge in [-0.15, -0.1) is 11.8 Å². The smallest absolute Gasteiger partial charge is 0.227 e. The first-order valence-electron chi connectivity index (χ1n) is 7.86. The molecule has 0 spiro atoms. The highest BCUT2D eigenvalue weighted by molar-refractivity contribution is 7.98. The van der Waals surface area contributed by atoms with Gasteiger partial charge in [0, 0.05) is 47.7 Å². The average molecular weight is 327 g/mol. The fourth-order valence-corrected chi connectivity index (χ4v) is 3.36. The van der Waals surface area contributed by atoms with Gasteiger partial charge in [-0.3, -0.25) is 9.78 Å². The van der Waals surface area contributed by atoms with Crippen LogP contribution in [0.15, 0.2) is 53.7 Å². The Morgan fingerprint density at radius 2 is 1.96 bits per heavy atom. The zero-order chi connectivity index (χ0) is 16.1. The van der Waals surface area contributed by atoms with Gasteiger partial charge in [0.2, 0.25) is 5.91 Å². The van der Waals surface area contributed by atoms with Gasteiger partial charge >= 0.3 is 0 Å². The van der Waals surface area contributed by atoms with Crippen molar-refractivity contribution in [2.75, 3.05) is 29.6 Å². The molecule has 120 valence electrons. The Kier molecular flexibility index (Phi) is 5.18. The molecule has 1 aromatic heterocycles. The van der Waals surface area contributed by atoms with E-state index in [0.717, 1.165) is 36.5 Å². The van der Waals surface area contributed by atoms with Gasteiger partial charge in [0.25, 0.3) is 0 Å². The van der Waals surface area contributed by atoms with Gasteiger partial charge in [-0.05, 0) is 49.4 Å². The third-order valence-electron chi connectivity index (χ3n) is 4.23. The number of carbonyl (C=O) groups is 1. The Morgan fingerprint density at radius 1 is 1.22 bits per heavy atom. The zero-order valence-corrected chi connectivity index (χ0v) is 14.1. The Labute approximate surface area is 141 Å². The molecule has 0 unspecified atom stereocenters. The van der Waals surface area contributed by atoms with Gasteiger partial charge in [0.15, 0.2) is 0 Å². The van der Waals surface area contributed by atoms with Crippen molar-refractivity contribution in [2.45, 2.75) is 17.7 Å². The summed E-state index contributed by atoms with van der Waals surface area (Å²) in [6.07, 6.45) is 7.43. The Hall–Kier alpha value is -2.01. The first-order valence-corrected chi connectivity index (χ1v) is 9.08. The molecule has 1 aromatic carbocycles. The molecule has 1 N–H and O–H groups in total. The molecule has 0 aliphatic carbocycles. The van der Waals surface area contributed by atoms with E-state index in [9.17, 15) is 4.79 Å². The van der Waals surface area contributed by atoms with Crippen LogP contribution in [0.2, 0.25) is 0 Å². The van der Waals surface area contributed by atoms with Gasteiger partial charge in [-0.2, -0.15) is 0 Å². The molecule has 23 heavy (non-hydrogen) atoms. The second kappa shape index (κ2) is 7.51. The second-order valence-corrected chi connectivity index (χ2v) is 6.57. The van der Waals surface area contributed by atoms with Crippen molar-refractivity contribution in [3.05, 3.63) is 48.8 Å². The number of thioether (sulfide) groups is 1. The van der Waals surface area contributed by atoms with Crippen LogP contribution in [0.4, 0.5) is 11.4 Å². The molecule has 2 heterocycles. The predicted octanol–water partition coefficient (Wildman–Crippen LogP) is 3.66. The lowest BCUT2D eigenvalue weighted by Gasteiger charge is -2.32. The van der Waals surface area contributed by atoms with E-state index in [0.29, 0.717) is 0 Å². The molecule has 0 bridgehead atoms. The number of piperidine rings is 1. The molecular formula is C18H21N3OS. The van der Waals surface area contributed by atoms with Crippen LogP contribution in [0, 0.1) is 5.92 Å². The molecular weight excluding hydrogens is 306 g/mol. The minimum atomic E-state index is 0.0889. The molecule has 1 saturated heterocycles. The Balaban J connectivity index is 1.56. The topological polar surface area (TPSA) is 45.2 Å². The van der Waals surface area contributed by atoms with Crippen LogP contribution in [0.25, 0.3) is 0 Å². The van der Waals surface area contributed by atoms with E-state index in [1.807, 2.05) is 55.0 Å². The molecule has 1 aliphatic heterocycles. The van der Waals surface area contributed by atoms with E-state index in [2.05, 4.69) is 15.2 Å². The van der Waals surface area contributed by atoms with E-state index in [-0.39, 0.29) is 11.8 Å². The summed E-state index contributed by atoms with van der Waals surface area (Å²) in [6, 6.07) is 12.0. The summed E-state index contributed by atoms with van der Waals surface area (Å²) in [4.78, 5) is 20.0. The highest BCUT2D eigenvalue weighted by atomic mass is 32.2. The van der Waals surface area contributed by atoms with E-state index < -0.39 is 0 Å². The number of hydrogen-bond acceptors (Lipinski definition) is 4. The number of rotatable bonds is 4. The van der Waals surface area contributed by atoms with Crippen LogP contribution >= 0.6 is 11.8 Å². The van der Waals surface area contributed by atoms with Crippen molar-refractivity contribution in [3.63, 3.8) is 0 Å². The van der Waals surface area contributed by atoms with Crippen molar-refractivity contribution in [1.82, 2.24) is 4.98 Å². The van der Waals surface area contributed by atoms with Crippen LogP contribution in [0.5, 0.6) is 0 Å². The molecule has 0 saturated carbocycles. The summed E-state index contributed by atoms with van der Waals surface area (Å²) in [5.74, 6) is 0.226. The number of nitrogens with zero attached hydrogens (tertiary/aromatic N) is 2. The Bertz CT molecular complexity index is 654. The van der Waals surface area contributed by atoms with E-state index in [1.54, 1.807) is 11.8 Å². The van der Waals surface area contributed by atoms with Crippen LogP contribution in [-0.4, -0.2) is 30.2 Å². The van der Waals surface area contributed by atoms with Gasteiger partial charge in [0.1, 0.15) is 0 Å². The van der Waals surface area contributed by atoms with Crippen molar-refractivity contribution in [1.29, 1.82) is 0 Å². The van der Waals surface area contributed by atoms with Crippen molar-refractivity contribution in [3.8, 4) is 0 Å². The SMILES string of the molecule is CSc1cccc(NC(=O)C2CCN(c3ccncc3)CC2)c1. The Morgan fingerprint density at radius 3 is 2.65 bits per heavy atom. The highest BCUT2D eigenvalue weighted by Crippen LogP contribution is 2.25. The summed E-state index contributed by atoms with van der Waals surface area (Å²) in [7, 11) is 0. The van der Waals surface area contributed by atoms with Gasteiger partial charge in [-0.25, -0.2) is 0 Å². The van der Waals surface area contributed by atoms with Gasteiger partial charge in [-0.1, -0.05) is 6.07 Å². The van der Waals surface area contributed by atoms with Gasteiger partial charge < -0.3 is 10.2 Å². The van der Waals surface area contributed by atoms with E-state index in [1.165, 1.54) is 5.69 Å². The fraction of sp³-hybridized carbons (Fsp3) is 0.333. The number of pyridine rings is 1. The molecule has 3 rings (SSSR count). The number of nitrogens with one attached hydrogen (secondary N) is 1. The monoisotopic (exact) mass is 327 g/mol. The highest BCUT2D eigenvalue weighted by Gasteiger charge is 2.25. The molecule has 4 nitrogen and oxygen atoms in total. The standard InChI is InChI=1S/C18H21N3OS/c1-23-17-4-2-3-15(13-17)20-18(22)14-7-11-21(12-8-14)16-5-9-19-10-6-16/h2-6,9-10,13-14H,7-8,11-12H2,1H3,(H,20,22). The molecule has 1 amide bonds.